The Morgan fingerprint density at radius 3 is 2.94 bits per heavy atom. The van der Waals surface area contributed by atoms with Crippen molar-refractivity contribution in [2.75, 3.05) is 25.2 Å². The maximum Gasteiger partial charge on any atom is 0.142 e. The average molecular weight is 217 g/mol. The van der Waals surface area contributed by atoms with Crippen LogP contribution in [-0.4, -0.2) is 31.3 Å². The molecule has 4 heteroatoms. The van der Waals surface area contributed by atoms with Gasteiger partial charge >= 0.3 is 0 Å². The number of nitrogens with zero attached hydrogens (tertiary/aromatic N) is 3. The van der Waals surface area contributed by atoms with Crippen LogP contribution in [0.15, 0.2) is 18.3 Å². The zero-order valence-electron chi connectivity index (χ0n) is 9.39. The third-order valence-electron chi connectivity index (χ3n) is 3.00. The van der Waals surface area contributed by atoms with Gasteiger partial charge in [0.15, 0.2) is 0 Å². The van der Waals surface area contributed by atoms with Gasteiger partial charge in [-0.25, -0.2) is 4.98 Å². The summed E-state index contributed by atoms with van der Waals surface area (Å²) in [5.41, 5.74) is 1.52. The van der Waals surface area contributed by atoms with Crippen molar-refractivity contribution in [3.63, 3.8) is 0 Å². The zero-order valence-corrected chi connectivity index (χ0v) is 9.39. The SMILES string of the molecule is CN(c1ccnc(C#N)c1)C1CCOCC1. The van der Waals surface area contributed by atoms with Crippen LogP contribution in [0.4, 0.5) is 5.69 Å². The van der Waals surface area contributed by atoms with E-state index in [1.165, 1.54) is 0 Å². The average Bonchev–Trinajstić information content (AvgIpc) is 2.39. The van der Waals surface area contributed by atoms with E-state index in [-0.39, 0.29) is 0 Å². The van der Waals surface area contributed by atoms with Crippen LogP contribution >= 0.6 is 0 Å². The van der Waals surface area contributed by atoms with E-state index in [4.69, 9.17) is 10.00 Å². The van der Waals surface area contributed by atoms with E-state index in [2.05, 4.69) is 23.0 Å². The van der Waals surface area contributed by atoms with Crippen molar-refractivity contribution >= 4 is 5.69 Å². The van der Waals surface area contributed by atoms with E-state index < -0.39 is 0 Å². The molecule has 0 radical (unpaired) electrons. The lowest BCUT2D eigenvalue weighted by Crippen LogP contribution is -2.36. The molecule has 2 heterocycles. The second-order valence-corrected chi connectivity index (χ2v) is 3.97. The second kappa shape index (κ2) is 4.95. The lowest BCUT2D eigenvalue weighted by molar-refractivity contribution is 0.0855. The van der Waals surface area contributed by atoms with Crippen molar-refractivity contribution in [1.82, 2.24) is 4.98 Å². The molecule has 4 nitrogen and oxygen atoms in total. The van der Waals surface area contributed by atoms with Crippen LogP contribution in [0, 0.1) is 11.3 Å². The standard InChI is InChI=1S/C12H15N3O/c1-15(11-3-6-16-7-4-11)12-2-5-14-10(8-12)9-13/h2,5,8,11H,3-4,6-7H2,1H3. The van der Waals surface area contributed by atoms with Crippen LogP contribution < -0.4 is 4.90 Å². The molecular formula is C12H15N3O. The Kier molecular flexibility index (Phi) is 3.37. The number of hydrogen-bond acceptors (Lipinski definition) is 4. The first kappa shape index (κ1) is 10.9. The topological polar surface area (TPSA) is 49.2 Å². The van der Waals surface area contributed by atoms with Gasteiger partial charge in [0.25, 0.3) is 0 Å². The van der Waals surface area contributed by atoms with Crippen LogP contribution in [0.2, 0.25) is 0 Å². The molecule has 0 aromatic carbocycles. The predicted octanol–water partition coefficient (Wildman–Crippen LogP) is 1.57. The quantitative estimate of drug-likeness (QED) is 0.754. The highest BCUT2D eigenvalue weighted by Crippen LogP contribution is 2.20. The summed E-state index contributed by atoms with van der Waals surface area (Å²) >= 11 is 0. The molecule has 0 N–H and O–H groups in total. The fourth-order valence-corrected chi connectivity index (χ4v) is 1.98. The van der Waals surface area contributed by atoms with E-state index in [1.54, 1.807) is 6.20 Å². The molecule has 1 aliphatic rings. The van der Waals surface area contributed by atoms with E-state index in [9.17, 15) is 0 Å². The van der Waals surface area contributed by atoms with Gasteiger partial charge < -0.3 is 9.64 Å². The van der Waals surface area contributed by atoms with Crippen molar-refractivity contribution in [3.05, 3.63) is 24.0 Å². The molecule has 0 saturated carbocycles. The maximum atomic E-state index is 8.80. The number of aromatic nitrogens is 1. The Hall–Kier alpha value is -1.60. The van der Waals surface area contributed by atoms with Crippen LogP contribution in [0.25, 0.3) is 0 Å². The number of anilines is 1. The summed E-state index contributed by atoms with van der Waals surface area (Å²) in [7, 11) is 2.06. The molecule has 1 saturated heterocycles. The third kappa shape index (κ3) is 2.31. The molecule has 0 aliphatic carbocycles. The molecule has 1 fully saturated rings. The minimum atomic E-state index is 0.469. The second-order valence-electron chi connectivity index (χ2n) is 3.97. The lowest BCUT2D eigenvalue weighted by atomic mass is 10.1. The highest BCUT2D eigenvalue weighted by Gasteiger charge is 2.18. The smallest absolute Gasteiger partial charge is 0.142 e. The number of pyridine rings is 1. The Bertz CT molecular complexity index is 393. The molecule has 1 aromatic heterocycles. The zero-order chi connectivity index (χ0) is 11.4. The molecule has 1 aromatic rings. The van der Waals surface area contributed by atoms with Gasteiger partial charge in [0.2, 0.25) is 0 Å². The number of ether oxygens (including phenoxy) is 1. The summed E-state index contributed by atoms with van der Waals surface area (Å²) in [5, 5.41) is 8.80. The molecule has 0 bridgehead atoms. The Labute approximate surface area is 95.5 Å². The summed E-state index contributed by atoms with van der Waals surface area (Å²) in [4.78, 5) is 6.19. The summed E-state index contributed by atoms with van der Waals surface area (Å²) in [6, 6.07) is 6.33. The Morgan fingerprint density at radius 1 is 1.50 bits per heavy atom. The fourth-order valence-electron chi connectivity index (χ4n) is 1.98. The summed E-state index contributed by atoms with van der Waals surface area (Å²) in [6.07, 6.45) is 3.77. The van der Waals surface area contributed by atoms with Gasteiger partial charge in [-0.3, -0.25) is 0 Å². The molecule has 0 amide bonds. The largest absolute Gasteiger partial charge is 0.381 e. The Balaban J connectivity index is 2.13. The van der Waals surface area contributed by atoms with Gasteiger partial charge in [-0.05, 0) is 25.0 Å². The van der Waals surface area contributed by atoms with Gasteiger partial charge in [0.1, 0.15) is 11.8 Å². The summed E-state index contributed by atoms with van der Waals surface area (Å²) in [5.74, 6) is 0. The fraction of sp³-hybridized carbons (Fsp3) is 0.500. The minimum absolute atomic E-state index is 0.469. The first-order valence-corrected chi connectivity index (χ1v) is 5.48. The molecular weight excluding hydrogens is 202 g/mol. The summed E-state index contributed by atoms with van der Waals surface area (Å²) < 4.78 is 5.34. The van der Waals surface area contributed by atoms with Gasteiger partial charge in [0, 0.05) is 38.2 Å². The van der Waals surface area contributed by atoms with Gasteiger partial charge in [-0.1, -0.05) is 0 Å². The molecule has 0 atom stereocenters. The van der Waals surface area contributed by atoms with Crippen molar-refractivity contribution in [2.45, 2.75) is 18.9 Å². The van der Waals surface area contributed by atoms with Gasteiger partial charge in [0.05, 0.1) is 0 Å². The van der Waals surface area contributed by atoms with Crippen molar-refractivity contribution < 1.29 is 4.74 Å². The third-order valence-corrected chi connectivity index (χ3v) is 3.00. The minimum Gasteiger partial charge on any atom is -0.381 e. The van der Waals surface area contributed by atoms with Gasteiger partial charge in [-0.15, -0.1) is 0 Å². The van der Waals surface area contributed by atoms with E-state index >= 15 is 0 Å². The highest BCUT2D eigenvalue weighted by molar-refractivity contribution is 5.48. The van der Waals surface area contributed by atoms with E-state index in [0.717, 1.165) is 31.7 Å². The molecule has 16 heavy (non-hydrogen) atoms. The molecule has 1 aliphatic heterocycles. The molecule has 0 spiro atoms. The highest BCUT2D eigenvalue weighted by atomic mass is 16.5. The van der Waals surface area contributed by atoms with Crippen LogP contribution in [0.1, 0.15) is 18.5 Å². The van der Waals surface area contributed by atoms with Crippen LogP contribution in [0.3, 0.4) is 0 Å². The predicted molar refractivity (Wildman–Crippen MR) is 61.2 cm³/mol. The molecule has 0 unspecified atom stereocenters. The maximum absolute atomic E-state index is 8.80. The first-order valence-electron chi connectivity index (χ1n) is 5.48. The van der Waals surface area contributed by atoms with Crippen molar-refractivity contribution in [2.24, 2.45) is 0 Å². The molecule has 84 valence electrons. The molecule has 2 rings (SSSR count). The first-order chi connectivity index (χ1) is 7.81. The number of hydrogen-bond donors (Lipinski definition) is 0. The number of nitriles is 1. The number of rotatable bonds is 2. The van der Waals surface area contributed by atoms with E-state index in [1.807, 2.05) is 12.1 Å². The van der Waals surface area contributed by atoms with Crippen molar-refractivity contribution in [3.8, 4) is 6.07 Å². The van der Waals surface area contributed by atoms with Gasteiger partial charge in [-0.2, -0.15) is 5.26 Å². The van der Waals surface area contributed by atoms with Crippen molar-refractivity contribution in [1.29, 1.82) is 5.26 Å². The van der Waals surface area contributed by atoms with Crippen LogP contribution in [-0.2, 0) is 4.74 Å². The normalized spacial score (nSPS) is 16.8. The summed E-state index contributed by atoms with van der Waals surface area (Å²) in [6.45, 7) is 1.65. The monoisotopic (exact) mass is 217 g/mol. The Morgan fingerprint density at radius 2 is 2.25 bits per heavy atom. The van der Waals surface area contributed by atoms with E-state index in [0.29, 0.717) is 11.7 Å². The van der Waals surface area contributed by atoms with Crippen LogP contribution in [0.5, 0.6) is 0 Å². The lowest BCUT2D eigenvalue weighted by Gasteiger charge is -2.32.